The number of carbonyl (C=O) groups is 1. The van der Waals surface area contributed by atoms with Crippen LogP contribution in [0.15, 0.2) is 23.0 Å². The van der Waals surface area contributed by atoms with Crippen LogP contribution in [0.5, 0.6) is 0 Å². The number of aromatic carboxylic acids is 1. The predicted molar refractivity (Wildman–Crippen MR) is 67.8 cm³/mol. The predicted octanol–water partition coefficient (Wildman–Crippen LogP) is 2.35. The fourth-order valence-corrected chi connectivity index (χ4v) is 3.08. The highest BCUT2D eigenvalue weighted by Crippen LogP contribution is 2.31. The zero-order valence-electron chi connectivity index (χ0n) is 8.82. The number of carboxylic acids is 1. The van der Waals surface area contributed by atoms with Gasteiger partial charge in [0.15, 0.2) is 0 Å². The zero-order chi connectivity index (χ0) is 12.5. The normalized spacial score (nSPS) is 10.7. The molecule has 3 rings (SSSR count). The molecule has 0 bridgehead atoms. The summed E-state index contributed by atoms with van der Waals surface area (Å²) in [7, 11) is 0. The molecule has 0 saturated heterocycles. The lowest BCUT2D eigenvalue weighted by atomic mass is 10.3. The summed E-state index contributed by atoms with van der Waals surface area (Å²) < 4.78 is 0. The molecule has 0 amide bonds. The summed E-state index contributed by atoms with van der Waals surface area (Å²) in [5.74, 6) is -0.926. The van der Waals surface area contributed by atoms with Gasteiger partial charge in [-0.3, -0.25) is 0 Å². The van der Waals surface area contributed by atoms with E-state index in [9.17, 15) is 4.79 Å². The van der Waals surface area contributed by atoms with Crippen LogP contribution in [0, 0.1) is 0 Å². The van der Waals surface area contributed by atoms with Crippen LogP contribution in [0.1, 0.15) is 10.4 Å². The Labute approximate surface area is 109 Å². The molecular weight excluding hydrogens is 272 g/mol. The number of thiophene rings is 1. The van der Waals surface area contributed by atoms with Crippen molar-refractivity contribution >= 4 is 28.6 Å². The Morgan fingerprint density at radius 3 is 2.83 bits per heavy atom. The summed E-state index contributed by atoms with van der Waals surface area (Å²) in [6.45, 7) is 0. The van der Waals surface area contributed by atoms with Crippen molar-refractivity contribution in [2.45, 2.75) is 0 Å². The minimum atomic E-state index is -0.926. The van der Waals surface area contributed by atoms with Gasteiger partial charge in [0.2, 0.25) is 0 Å². The Kier molecular flexibility index (Phi) is 2.65. The van der Waals surface area contributed by atoms with Crippen LogP contribution in [0.3, 0.4) is 0 Å². The molecule has 0 saturated carbocycles. The summed E-state index contributed by atoms with van der Waals surface area (Å²) in [6, 6.07) is 1.62. The Hall–Kier alpha value is -2.06. The summed E-state index contributed by atoms with van der Waals surface area (Å²) in [5.41, 5.74) is 1.72. The molecule has 0 fully saturated rings. The second-order valence-corrected chi connectivity index (χ2v) is 5.17. The number of nitrogens with zero attached hydrogens (tertiary/aromatic N) is 3. The van der Waals surface area contributed by atoms with Crippen LogP contribution in [-0.2, 0) is 0 Å². The van der Waals surface area contributed by atoms with E-state index < -0.39 is 5.97 Å². The molecule has 0 atom stereocenters. The minimum absolute atomic E-state index is 0.283. The largest absolute Gasteiger partial charge is 0.478 e. The maximum atomic E-state index is 10.8. The van der Waals surface area contributed by atoms with E-state index in [-0.39, 0.29) is 5.56 Å². The van der Waals surface area contributed by atoms with Gasteiger partial charge in [-0.25, -0.2) is 9.78 Å². The van der Waals surface area contributed by atoms with Gasteiger partial charge in [0.05, 0.1) is 22.3 Å². The van der Waals surface area contributed by atoms with Crippen molar-refractivity contribution in [1.82, 2.24) is 20.4 Å². The molecule has 6 nitrogen and oxygen atoms in total. The van der Waals surface area contributed by atoms with Crippen LogP contribution >= 0.6 is 22.7 Å². The summed E-state index contributed by atoms with van der Waals surface area (Å²) in [6.07, 6.45) is 1.60. The molecular formula is C10H6N4O2S2. The Morgan fingerprint density at radius 1 is 1.28 bits per heavy atom. The van der Waals surface area contributed by atoms with E-state index in [1.807, 2.05) is 5.38 Å². The third kappa shape index (κ3) is 1.91. The first-order chi connectivity index (χ1) is 8.74. The lowest BCUT2D eigenvalue weighted by Crippen LogP contribution is -1.91. The molecule has 2 N–H and O–H groups in total. The number of hydrogen-bond donors (Lipinski definition) is 2. The number of nitrogens with one attached hydrogen (secondary N) is 1. The minimum Gasteiger partial charge on any atom is -0.478 e. The van der Waals surface area contributed by atoms with Gasteiger partial charge in [0, 0.05) is 10.8 Å². The van der Waals surface area contributed by atoms with Gasteiger partial charge in [-0.05, 0) is 6.07 Å². The molecule has 0 aromatic carbocycles. The maximum Gasteiger partial charge on any atom is 0.336 e. The van der Waals surface area contributed by atoms with E-state index >= 15 is 0 Å². The summed E-state index contributed by atoms with van der Waals surface area (Å²) in [5, 5.41) is 23.3. The molecule has 3 aromatic heterocycles. The highest BCUT2D eigenvalue weighted by molar-refractivity contribution is 7.15. The number of aromatic nitrogens is 4. The third-order valence-electron chi connectivity index (χ3n) is 2.24. The average Bonchev–Trinajstić information content (AvgIpc) is 3.10. The molecule has 0 aliphatic carbocycles. The van der Waals surface area contributed by atoms with Crippen molar-refractivity contribution in [2.75, 3.05) is 0 Å². The highest BCUT2D eigenvalue weighted by atomic mass is 32.1. The van der Waals surface area contributed by atoms with E-state index in [0.29, 0.717) is 5.69 Å². The second kappa shape index (κ2) is 4.31. The van der Waals surface area contributed by atoms with E-state index in [1.165, 1.54) is 22.7 Å². The van der Waals surface area contributed by atoms with Crippen LogP contribution in [0.2, 0.25) is 0 Å². The summed E-state index contributed by atoms with van der Waals surface area (Å²) in [4.78, 5) is 16.0. The smallest absolute Gasteiger partial charge is 0.336 e. The zero-order valence-corrected chi connectivity index (χ0v) is 10.5. The van der Waals surface area contributed by atoms with Crippen molar-refractivity contribution in [3.63, 3.8) is 0 Å². The van der Waals surface area contributed by atoms with Crippen LogP contribution in [0.4, 0.5) is 0 Å². The Balaban J connectivity index is 1.95. The SMILES string of the molecule is O=C(O)c1csc(-c2csc(-c3cn[nH]n3)n2)c1. The average molecular weight is 278 g/mol. The van der Waals surface area contributed by atoms with Crippen LogP contribution < -0.4 is 0 Å². The van der Waals surface area contributed by atoms with Gasteiger partial charge in [-0.15, -0.1) is 22.7 Å². The van der Waals surface area contributed by atoms with E-state index in [0.717, 1.165) is 15.6 Å². The monoisotopic (exact) mass is 278 g/mol. The Morgan fingerprint density at radius 2 is 2.17 bits per heavy atom. The number of H-pyrrole nitrogens is 1. The topological polar surface area (TPSA) is 91.8 Å². The number of rotatable bonds is 3. The van der Waals surface area contributed by atoms with Crippen molar-refractivity contribution in [3.05, 3.63) is 28.6 Å². The Bertz CT molecular complexity index is 686. The van der Waals surface area contributed by atoms with E-state index in [2.05, 4.69) is 20.4 Å². The maximum absolute atomic E-state index is 10.8. The molecule has 0 unspecified atom stereocenters. The van der Waals surface area contributed by atoms with Crippen LogP contribution in [-0.4, -0.2) is 31.5 Å². The van der Waals surface area contributed by atoms with Gasteiger partial charge in [0.1, 0.15) is 10.7 Å². The quantitative estimate of drug-likeness (QED) is 0.767. The first-order valence-electron chi connectivity index (χ1n) is 4.88. The fourth-order valence-electron chi connectivity index (χ4n) is 1.39. The first kappa shape index (κ1) is 11.1. The lowest BCUT2D eigenvalue weighted by Gasteiger charge is -1.88. The molecule has 3 heterocycles. The molecule has 3 aromatic rings. The molecule has 0 spiro atoms. The van der Waals surface area contributed by atoms with Crippen molar-refractivity contribution in [1.29, 1.82) is 0 Å². The molecule has 0 radical (unpaired) electrons. The van der Waals surface area contributed by atoms with Gasteiger partial charge in [0.25, 0.3) is 0 Å². The number of thiazole rings is 1. The summed E-state index contributed by atoms with van der Waals surface area (Å²) >= 11 is 2.81. The first-order valence-corrected chi connectivity index (χ1v) is 6.64. The van der Waals surface area contributed by atoms with E-state index in [1.54, 1.807) is 17.6 Å². The number of carboxylic acid groups (broad SMARTS) is 1. The van der Waals surface area contributed by atoms with Gasteiger partial charge in [-0.2, -0.15) is 15.4 Å². The number of aromatic amines is 1. The van der Waals surface area contributed by atoms with Crippen molar-refractivity contribution in [2.24, 2.45) is 0 Å². The van der Waals surface area contributed by atoms with Gasteiger partial charge >= 0.3 is 5.97 Å². The highest BCUT2D eigenvalue weighted by Gasteiger charge is 2.12. The molecule has 8 heteroatoms. The molecule has 90 valence electrons. The fraction of sp³-hybridized carbons (Fsp3) is 0. The molecule has 18 heavy (non-hydrogen) atoms. The third-order valence-corrected chi connectivity index (χ3v) is 4.05. The van der Waals surface area contributed by atoms with Crippen LogP contribution in [0.25, 0.3) is 21.3 Å². The molecule has 0 aliphatic rings. The standard InChI is InChI=1S/C10H6N4O2S2/c15-10(16)5-1-8(17-3-5)7-4-18-9(12-7)6-2-11-14-13-6/h1-4H,(H,15,16)(H,11,13,14). The second-order valence-electron chi connectivity index (χ2n) is 3.40. The van der Waals surface area contributed by atoms with Gasteiger partial charge in [-0.1, -0.05) is 0 Å². The lowest BCUT2D eigenvalue weighted by molar-refractivity contribution is 0.0697. The van der Waals surface area contributed by atoms with E-state index in [4.69, 9.17) is 5.11 Å². The molecule has 0 aliphatic heterocycles. The van der Waals surface area contributed by atoms with Crippen molar-refractivity contribution < 1.29 is 9.90 Å². The number of hydrogen-bond acceptors (Lipinski definition) is 6. The van der Waals surface area contributed by atoms with Gasteiger partial charge < -0.3 is 5.11 Å². The van der Waals surface area contributed by atoms with Crippen molar-refractivity contribution in [3.8, 4) is 21.3 Å².